The highest BCUT2D eigenvalue weighted by Gasteiger charge is 2.13. The number of phenolic OH excluding ortho intramolecular Hbond substituents is 1. The summed E-state index contributed by atoms with van der Waals surface area (Å²) in [7, 11) is 4.29. The molecule has 84 valence electrons. The van der Waals surface area contributed by atoms with Gasteiger partial charge in [0.2, 0.25) is 0 Å². The van der Waals surface area contributed by atoms with Gasteiger partial charge in [0.1, 0.15) is 12.3 Å². The Morgan fingerprint density at radius 3 is 2.60 bits per heavy atom. The van der Waals surface area contributed by atoms with Crippen molar-refractivity contribution >= 4 is 0 Å². The predicted octanol–water partition coefficient (Wildman–Crippen LogP) is -0.841. The number of quaternary nitrogens is 1. The van der Waals surface area contributed by atoms with E-state index in [4.69, 9.17) is 0 Å². The van der Waals surface area contributed by atoms with Crippen molar-refractivity contribution in [1.29, 1.82) is 0 Å². The van der Waals surface area contributed by atoms with Crippen molar-refractivity contribution in [3.63, 3.8) is 0 Å². The SMILES string of the molecule is C=CC[N+](C)(C)Cc1cccc(O)c1.[Br-]. The van der Waals surface area contributed by atoms with E-state index in [2.05, 4.69) is 20.7 Å². The minimum Gasteiger partial charge on any atom is -1.00 e. The van der Waals surface area contributed by atoms with Crippen molar-refractivity contribution in [1.82, 2.24) is 0 Å². The lowest BCUT2D eigenvalue weighted by molar-refractivity contribution is -0.897. The second kappa shape index (κ2) is 5.93. The van der Waals surface area contributed by atoms with E-state index in [1.54, 1.807) is 6.07 Å². The number of halogens is 1. The maximum Gasteiger partial charge on any atom is 0.116 e. The highest BCUT2D eigenvalue weighted by Crippen LogP contribution is 2.14. The van der Waals surface area contributed by atoms with Crippen LogP contribution in [0, 0.1) is 0 Å². The normalized spacial score (nSPS) is 10.5. The molecule has 0 saturated carbocycles. The highest BCUT2D eigenvalue weighted by atomic mass is 79.9. The first-order valence-corrected chi connectivity index (χ1v) is 4.74. The number of benzene rings is 1. The maximum absolute atomic E-state index is 9.31. The van der Waals surface area contributed by atoms with E-state index in [1.165, 1.54) is 0 Å². The Balaban J connectivity index is 0.00000196. The quantitative estimate of drug-likeness (QED) is 0.560. The zero-order valence-electron chi connectivity index (χ0n) is 9.28. The summed E-state index contributed by atoms with van der Waals surface area (Å²) in [6.07, 6.45) is 1.92. The molecule has 0 aliphatic heterocycles. The Morgan fingerprint density at radius 1 is 1.40 bits per heavy atom. The smallest absolute Gasteiger partial charge is 0.116 e. The van der Waals surface area contributed by atoms with E-state index >= 15 is 0 Å². The molecule has 2 nitrogen and oxygen atoms in total. The van der Waals surface area contributed by atoms with Gasteiger partial charge in [0.05, 0.1) is 20.6 Å². The highest BCUT2D eigenvalue weighted by molar-refractivity contribution is 5.26. The molecule has 0 aromatic heterocycles. The second-order valence-corrected chi connectivity index (χ2v) is 4.23. The van der Waals surface area contributed by atoms with Crippen LogP contribution in [-0.2, 0) is 6.54 Å². The Labute approximate surface area is 102 Å². The molecular formula is C12H18BrNO. The topological polar surface area (TPSA) is 20.2 Å². The van der Waals surface area contributed by atoms with Crippen LogP contribution in [0.25, 0.3) is 0 Å². The molecule has 1 N–H and O–H groups in total. The first-order chi connectivity index (χ1) is 6.53. The fraction of sp³-hybridized carbons (Fsp3) is 0.333. The first-order valence-electron chi connectivity index (χ1n) is 4.74. The molecule has 0 atom stereocenters. The Bertz CT molecular complexity index is 323. The van der Waals surface area contributed by atoms with E-state index in [0.717, 1.165) is 23.1 Å². The zero-order valence-corrected chi connectivity index (χ0v) is 10.9. The molecule has 3 heteroatoms. The molecule has 0 aliphatic carbocycles. The summed E-state index contributed by atoms with van der Waals surface area (Å²) >= 11 is 0. The predicted molar refractivity (Wildman–Crippen MR) is 59.0 cm³/mol. The largest absolute Gasteiger partial charge is 1.00 e. The van der Waals surface area contributed by atoms with Gasteiger partial charge in [-0.1, -0.05) is 18.7 Å². The summed E-state index contributed by atoms with van der Waals surface area (Å²) < 4.78 is 0.854. The van der Waals surface area contributed by atoms with Gasteiger partial charge in [0.15, 0.2) is 0 Å². The van der Waals surface area contributed by atoms with Crippen LogP contribution in [0.1, 0.15) is 5.56 Å². The van der Waals surface area contributed by atoms with Crippen LogP contribution >= 0.6 is 0 Å². The number of phenols is 1. The van der Waals surface area contributed by atoms with Gasteiger partial charge in [0, 0.05) is 5.56 Å². The van der Waals surface area contributed by atoms with Crippen LogP contribution < -0.4 is 17.0 Å². The molecule has 0 unspecified atom stereocenters. The fourth-order valence-electron chi connectivity index (χ4n) is 1.56. The lowest BCUT2D eigenvalue weighted by atomic mass is 10.2. The lowest BCUT2D eigenvalue weighted by Gasteiger charge is -2.28. The molecule has 1 rings (SSSR count). The van der Waals surface area contributed by atoms with E-state index < -0.39 is 0 Å². The summed E-state index contributed by atoms with van der Waals surface area (Å²) in [4.78, 5) is 0. The average Bonchev–Trinajstić information content (AvgIpc) is 2.02. The molecule has 0 heterocycles. The van der Waals surface area contributed by atoms with Gasteiger partial charge in [-0.3, -0.25) is 0 Å². The summed E-state index contributed by atoms with van der Waals surface area (Å²) in [5, 5.41) is 9.31. The fourth-order valence-corrected chi connectivity index (χ4v) is 1.56. The van der Waals surface area contributed by atoms with Crippen LogP contribution in [0.15, 0.2) is 36.9 Å². The van der Waals surface area contributed by atoms with E-state index in [1.807, 2.05) is 24.3 Å². The number of nitrogens with zero attached hydrogens (tertiary/aromatic N) is 1. The van der Waals surface area contributed by atoms with Crippen LogP contribution in [0.2, 0.25) is 0 Å². The number of hydrogen-bond acceptors (Lipinski definition) is 1. The van der Waals surface area contributed by atoms with Crippen molar-refractivity contribution in [2.45, 2.75) is 6.54 Å². The van der Waals surface area contributed by atoms with Crippen molar-refractivity contribution in [2.75, 3.05) is 20.6 Å². The van der Waals surface area contributed by atoms with Crippen LogP contribution in [0.4, 0.5) is 0 Å². The van der Waals surface area contributed by atoms with Gasteiger partial charge in [-0.2, -0.15) is 0 Å². The third kappa shape index (κ3) is 5.00. The van der Waals surface area contributed by atoms with Crippen molar-refractivity contribution in [3.8, 4) is 5.75 Å². The summed E-state index contributed by atoms with van der Waals surface area (Å²) in [5.74, 6) is 0.334. The molecule has 0 radical (unpaired) electrons. The maximum atomic E-state index is 9.31. The van der Waals surface area contributed by atoms with Gasteiger partial charge in [-0.15, -0.1) is 0 Å². The minimum absolute atomic E-state index is 0. The molecule has 15 heavy (non-hydrogen) atoms. The molecule has 1 aromatic rings. The number of likely N-dealkylation sites (N-methyl/N-ethyl adjacent to an activating group) is 1. The van der Waals surface area contributed by atoms with Crippen molar-refractivity contribution in [3.05, 3.63) is 42.5 Å². The van der Waals surface area contributed by atoms with Crippen LogP contribution in [0.3, 0.4) is 0 Å². The van der Waals surface area contributed by atoms with Gasteiger partial charge in [0.25, 0.3) is 0 Å². The Kier molecular flexibility index (Phi) is 5.61. The van der Waals surface area contributed by atoms with E-state index in [0.29, 0.717) is 5.75 Å². The molecular weight excluding hydrogens is 254 g/mol. The van der Waals surface area contributed by atoms with Gasteiger partial charge in [-0.05, 0) is 18.2 Å². The van der Waals surface area contributed by atoms with E-state index in [9.17, 15) is 5.11 Å². The lowest BCUT2D eigenvalue weighted by Crippen LogP contribution is -3.00. The van der Waals surface area contributed by atoms with Gasteiger partial charge >= 0.3 is 0 Å². The standard InChI is InChI=1S/C12H17NO.BrH/c1-4-8-13(2,3)10-11-6-5-7-12(14)9-11;/h4-7,9H,1,8,10H2,2-3H3;1H. The molecule has 0 saturated heterocycles. The molecule has 0 bridgehead atoms. The summed E-state index contributed by atoms with van der Waals surface area (Å²) in [6.45, 7) is 5.57. The molecule has 0 amide bonds. The number of rotatable bonds is 4. The van der Waals surface area contributed by atoms with Crippen LogP contribution in [0.5, 0.6) is 5.75 Å². The molecule has 1 aromatic carbocycles. The molecule has 0 aliphatic rings. The first kappa shape index (κ1) is 14.2. The second-order valence-electron chi connectivity index (χ2n) is 4.23. The molecule has 0 spiro atoms. The zero-order chi connectivity index (χ0) is 10.6. The third-order valence-corrected chi connectivity index (χ3v) is 2.14. The van der Waals surface area contributed by atoms with Crippen LogP contribution in [-0.4, -0.2) is 30.2 Å². The summed E-state index contributed by atoms with van der Waals surface area (Å²) in [5.41, 5.74) is 1.15. The number of aromatic hydroxyl groups is 1. The van der Waals surface area contributed by atoms with Gasteiger partial charge < -0.3 is 26.6 Å². The molecule has 0 fully saturated rings. The van der Waals surface area contributed by atoms with Gasteiger partial charge in [-0.25, -0.2) is 0 Å². The summed E-state index contributed by atoms with van der Waals surface area (Å²) in [6, 6.07) is 7.40. The van der Waals surface area contributed by atoms with Crippen molar-refractivity contribution < 1.29 is 26.6 Å². The minimum atomic E-state index is 0. The Morgan fingerprint density at radius 2 is 2.07 bits per heavy atom. The van der Waals surface area contributed by atoms with Crippen molar-refractivity contribution in [2.24, 2.45) is 0 Å². The average molecular weight is 272 g/mol. The Hall–Kier alpha value is -0.800. The monoisotopic (exact) mass is 271 g/mol. The third-order valence-electron chi connectivity index (χ3n) is 2.14. The number of hydrogen-bond donors (Lipinski definition) is 1. The van der Waals surface area contributed by atoms with E-state index in [-0.39, 0.29) is 17.0 Å².